The quantitative estimate of drug-likeness (QED) is 0.909. The van der Waals surface area contributed by atoms with Crippen molar-refractivity contribution in [1.82, 2.24) is 14.9 Å². The third kappa shape index (κ3) is 3.61. The standard InChI is InChI=1S/C16H24N4O3/c1-3-12(2)19-15-17-10-13(11-18-15)14(21)20-6-4-16(5-7-20)22-8-9-23-16/h10-12H,3-9H2,1-2H3,(H,17,18,19). The molecule has 1 amide bonds. The summed E-state index contributed by atoms with van der Waals surface area (Å²) in [5.74, 6) is 0.0614. The van der Waals surface area contributed by atoms with Gasteiger partial charge in [0.2, 0.25) is 5.95 Å². The van der Waals surface area contributed by atoms with Gasteiger partial charge in [-0.2, -0.15) is 0 Å². The number of ether oxygens (including phenoxy) is 2. The molecule has 7 nitrogen and oxygen atoms in total. The lowest BCUT2D eigenvalue weighted by molar-refractivity contribution is -0.181. The maximum Gasteiger partial charge on any atom is 0.256 e. The maximum absolute atomic E-state index is 12.5. The molecule has 126 valence electrons. The highest BCUT2D eigenvalue weighted by atomic mass is 16.7. The summed E-state index contributed by atoms with van der Waals surface area (Å²) in [5, 5.41) is 3.19. The Kier molecular flexibility index (Phi) is 4.77. The van der Waals surface area contributed by atoms with Crippen LogP contribution >= 0.6 is 0 Å². The predicted molar refractivity (Wildman–Crippen MR) is 85.2 cm³/mol. The molecule has 2 fully saturated rings. The lowest BCUT2D eigenvalue weighted by Crippen LogP contribution is -2.47. The van der Waals surface area contributed by atoms with Crippen LogP contribution in [-0.4, -0.2) is 58.9 Å². The minimum Gasteiger partial charge on any atom is -0.352 e. The zero-order valence-electron chi connectivity index (χ0n) is 13.7. The smallest absolute Gasteiger partial charge is 0.256 e. The third-order valence-electron chi connectivity index (χ3n) is 4.51. The van der Waals surface area contributed by atoms with E-state index in [0.717, 1.165) is 6.42 Å². The van der Waals surface area contributed by atoms with Gasteiger partial charge in [0, 0.05) is 44.4 Å². The van der Waals surface area contributed by atoms with Gasteiger partial charge in [-0.25, -0.2) is 9.97 Å². The highest BCUT2D eigenvalue weighted by Gasteiger charge is 2.40. The van der Waals surface area contributed by atoms with Crippen molar-refractivity contribution in [1.29, 1.82) is 0 Å². The highest BCUT2D eigenvalue weighted by Crippen LogP contribution is 2.31. The molecular formula is C16H24N4O3. The number of aromatic nitrogens is 2. The minimum atomic E-state index is -0.461. The average Bonchev–Trinajstić information content (AvgIpc) is 3.03. The van der Waals surface area contributed by atoms with Crippen LogP contribution in [0.25, 0.3) is 0 Å². The molecule has 0 saturated carbocycles. The van der Waals surface area contributed by atoms with E-state index in [9.17, 15) is 4.79 Å². The largest absolute Gasteiger partial charge is 0.352 e. The van der Waals surface area contributed by atoms with Crippen LogP contribution in [0, 0.1) is 0 Å². The van der Waals surface area contributed by atoms with Crippen LogP contribution in [0.2, 0.25) is 0 Å². The summed E-state index contributed by atoms with van der Waals surface area (Å²) in [4.78, 5) is 22.8. The molecular weight excluding hydrogens is 296 g/mol. The molecule has 1 atom stereocenters. The van der Waals surface area contributed by atoms with Gasteiger partial charge in [0.05, 0.1) is 18.8 Å². The van der Waals surface area contributed by atoms with E-state index in [1.807, 2.05) is 4.90 Å². The fraction of sp³-hybridized carbons (Fsp3) is 0.688. The number of amides is 1. The van der Waals surface area contributed by atoms with Gasteiger partial charge in [-0.05, 0) is 13.3 Å². The zero-order chi connectivity index (χ0) is 16.3. The Morgan fingerprint density at radius 1 is 1.30 bits per heavy atom. The monoisotopic (exact) mass is 320 g/mol. The van der Waals surface area contributed by atoms with E-state index in [4.69, 9.17) is 9.47 Å². The molecule has 0 aromatic carbocycles. The van der Waals surface area contributed by atoms with Gasteiger partial charge in [0.1, 0.15) is 0 Å². The molecule has 7 heteroatoms. The zero-order valence-corrected chi connectivity index (χ0v) is 13.7. The van der Waals surface area contributed by atoms with Gasteiger partial charge < -0.3 is 19.7 Å². The molecule has 0 radical (unpaired) electrons. The van der Waals surface area contributed by atoms with E-state index in [-0.39, 0.29) is 5.91 Å². The van der Waals surface area contributed by atoms with Crippen LogP contribution < -0.4 is 5.32 Å². The number of rotatable bonds is 4. The van der Waals surface area contributed by atoms with Crippen molar-refractivity contribution in [3.05, 3.63) is 18.0 Å². The van der Waals surface area contributed by atoms with Crippen molar-refractivity contribution in [2.45, 2.75) is 44.9 Å². The van der Waals surface area contributed by atoms with E-state index in [2.05, 4.69) is 29.1 Å². The Hall–Kier alpha value is -1.73. The summed E-state index contributed by atoms with van der Waals surface area (Å²) in [5.41, 5.74) is 0.518. The van der Waals surface area contributed by atoms with Gasteiger partial charge in [-0.15, -0.1) is 0 Å². The summed E-state index contributed by atoms with van der Waals surface area (Å²) < 4.78 is 11.4. The Balaban J connectivity index is 1.58. The Labute approximate surface area is 136 Å². The second-order valence-corrected chi connectivity index (χ2v) is 6.15. The minimum absolute atomic E-state index is 0.0343. The molecule has 23 heavy (non-hydrogen) atoms. The van der Waals surface area contributed by atoms with Crippen molar-refractivity contribution in [3.63, 3.8) is 0 Å². The molecule has 1 aromatic heterocycles. The first-order valence-electron chi connectivity index (χ1n) is 8.28. The molecule has 1 aromatic rings. The Morgan fingerprint density at radius 2 is 1.91 bits per heavy atom. The van der Waals surface area contributed by atoms with E-state index in [1.165, 1.54) is 0 Å². The van der Waals surface area contributed by atoms with Crippen LogP contribution in [0.4, 0.5) is 5.95 Å². The number of piperidine rings is 1. The number of hydrogen-bond acceptors (Lipinski definition) is 6. The van der Waals surface area contributed by atoms with Crippen LogP contribution in [0.1, 0.15) is 43.5 Å². The number of nitrogens with zero attached hydrogens (tertiary/aromatic N) is 3. The Bertz CT molecular complexity index is 533. The third-order valence-corrected chi connectivity index (χ3v) is 4.51. The van der Waals surface area contributed by atoms with Gasteiger partial charge in [-0.3, -0.25) is 4.79 Å². The number of carbonyl (C=O) groups excluding carboxylic acids is 1. The fourth-order valence-electron chi connectivity index (χ4n) is 2.85. The number of anilines is 1. The average molecular weight is 320 g/mol. The van der Waals surface area contributed by atoms with Gasteiger partial charge in [-0.1, -0.05) is 6.92 Å². The van der Waals surface area contributed by atoms with Crippen molar-refractivity contribution < 1.29 is 14.3 Å². The lowest BCUT2D eigenvalue weighted by Gasteiger charge is -2.37. The number of carbonyl (C=O) groups is 1. The van der Waals surface area contributed by atoms with Gasteiger partial charge >= 0.3 is 0 Å². The van der Waals surface area contributed by atoms with Gasteiger partial charge in [0.15, 0.2) is 5.79 Å². The van der Waals surface area contributed by atoms with E-state index >= 15 is 0 Å². The molecule has 2 aliphatic rings. The molecule has 2 aliphatic heterocycles. The Morgan fingerprint density at radius 3 is 2.48 bits per heavy atom. The first kappa shape index (κ1) is 16.1. The first-order valence-corrected chi connectivity index (χ1v) is 8.28. The van der Waals surface area contributed by atoms with E-state index in [1.54, 1.807) is 12.4 Å². The van der Waals surface area contributed by atoms with E-state index < -0.39 is 5.79 Å². The summed E-state index contributed by atoms with van der Waals surface area (Å²) in [7, 11) is 0. The summed E-state index contributed by atoms with van der Waals surface area (Å²) in [6.07, 6.45) is 5.60. The second-order valence-electron chi connectivity index (χ2n) is 6.15. The van der Waals surface area contributed by atoms with Crippen LogP contribution in [-0.2, 0) is 9.47 Å². The van der Waals surface area contributed by atoms with E-state index in [0.29, 0.717) is 56.7 Å². The topological polar surface area (TPSA) is 76.6 Å². The molecule has 2 saturated heterocycles. The molecule has 3 heterocycles. The molecule has 3 rings (SSSR count). The van der Waals surface area contributed by atoms with Crippen molar-refractivity contribution in [2.24, 2.45) is 0 Å². The molecule has 1 unspecified atom stereocenters. The molecule has 1 N–H and O–H groups in total. The van der Waals surface area contributed by atoms with Crippen LogP contribution in [0.15, 0.2) is 12.4 Å². The second kappa shape index (κ2) is 6.80. The van der Waals surface area contributed by atoms with Crippen molar-refractivity contribution >= 4 is 11.9 Å². The summed E-state index contributed by atoms with van der Waals surface area (Å²) in [6, 6.07) is 0.307. The maximum atomic E-state index is 12.5. The predicted octanol–water partition coefficient (Wildman–Crippen LogP) is 1.67. The number of hydrogen-bond donors (Lipinski definition) is 1. The fourth-order valence-corrected chi connectivity index (χ4v) is 2.85. The molecule has 0 aliphatic carbocycles. The SMILES string of the molecule is CCC(C)Nc1ncc(C(=O)N2CCC3(CC2)OCCO3)cn1. The molecule has 1 spiro atoms. The normalized spacial score (nSPS) is 21.4. The number of likely N-dealkylation sites (tertiary alicyclic amines) is 1. The van der Waals surface area contributed by atoms with Crippen LogP contribution in [0.5, 0.6) is 0 Å². The first-order chi connectivity index (χ1) is 11.1. The lowest BCUT2D eigenvalue weighted by atomic mass is 10.0. The number of nitrogens with one attached hydrogen (secondary N) is 1. The van der Waals surface area contributed by atoms with Gasteiger partial charge in [0.25, 0.3) is 5.91 Å². The van der Waals surface area contributed by atoms with Crippen LogP contribution in [0.3, 0.4) is 0 Å². The highest BCUT2D eigenvalue weighted by molar-refractivity contribution is 5.93. The summed E-state index contributed by atoms with van der Waals surface area (Å²) >= 11 is 0. The molecule has 0 bridgehead atoms. The van der Waals surface area contributed by atoms with Crippen molar-refractivity contribution in [2.75, 3.05) is 31.6 Å². The summed E-state index contributed by atoms with van der Waals surface area (Å²) in [6.45, 7) is 6.71. The van der Waals surface area contributed by atoms with Crippen molar-refractivity contribution in [3.8, 4) is 0 Å².